The summed E-state index contributed by atoms with van der Waals surface area (Å²) < 4.78 is 31.8. The summed E-state index contributed by atoms with van der Waals surface area (Å²) in [4.78, 5) is 11.6. The summed E-state index contributed by atoms with van der Waals surface area (Å²) in [6.07, 6.45) is 1.67. The van der Waals surface area contributed by atoms with Gasteiger partial charge in [-0.2, -0.15) is 0 Å². The van der Waals surface area contributed by atoms with Gasteiger partial charge in [0.25, 0.3) is 0 Å². The van der Waals surface area contributed by atoms with Gasteiger partial charge in [0.1, 0.15) is 17.3 Å². The summed E-state index contributed by atoms with van der Waals surface area (Å²) in [7, 11) is 0. The second kappa shape index (κ2) is 6.58. The van der Waals surface area contributed by atoms with E-state index >= 15 is 0 Å². The SMILES string of the molecule is O=C(CNC1CCOCC1)Nc1c(F)cccc1F. The lowest BCUT2D eigenvalue weighted by atomic mass is 10.1. The zero-order valence-electron chi connectivity index (χ0n) is 10.4. The minimum absolute atomic E-state index is 0.0262. The number of carbonyl (C=O) groups excluding carboxylic acids is 1. The van der Waals surface area contributed by atoms with Crippen molar-refractivity contribution in [3.8, 4) is 0 Å². The number of nitrogens with one attached hydrogen (secondary N) is 2. The Morgan fingerprint density at radius 1 is 1.26 bits per heavy atom. The number of hydrogen-bond donors (Lipinski definition) is 2. The molecule has 0 saturated carbocycles. The van der Waals surface area contributed by atoms with Crippen LogP contribution in [0, 0.1) is 11.6 Å². The van der Waals surface area contributed by atoms with Crippen LogP contribution >= 0.6 is 0 Å². The van der Waals surface area contributed by atoms with Crippen molar-refractivity contribution in [1.82, 2.24) is 5.32 Å². The molecule has 0 radical (unpaired) electrons. The Balaban J connectivity index is 1.83. The fourth-order valence-electron chi connectivity index (χ4n) is 1.94. The highest BCUT2D eigenvalue weighted by molar-refractivity contribution is 5.92. The predicted octanol–water partition coefficient (Wildman–Crippen LogP) is 1.67. The van der Waals surface area contributed by atoms with E-state index in [1.165, 1.54) is 6.07 Å². The zero-order chi connectivity index (χ0) is 13.7. The maximum Gasteiger partial charge on any atom is 0.238 e. The number of rotatable bonds is 4. The molecule has 6 heteroatoms. The van der Waals surface area contributed by atoms with Crippen LogP contribution in [0.5, 0.6) is 0 Å². The van der Waals surface area contributed by atoms with Gasteiger partial charge in [-0.05, 0) is 25.0 Å². The second-order valence-corrected chi connectivity index (χ2v) is 4.41. The van der Waals surface area contributed by atoms with E-state index in [4.69, 9.17) is 4.74 Å². The fourth-order valence-corrected chi connectivity index (χ4v) is 1.94. The van der Waals surface area contributed by atoms with Crippen molar-refractivity contribution in [2.45, 2.75) is 18.9 Å². The number of hydrogen-bond acceptors (Lipinski definition) is 3. The highest BCUT2D eigenvalue weighted by Crippen LogP contribution is 2.17. The van der Waals surface area contributed by atoms with Crippen LogP contribution in [0.15, 0.2) is 18.2 Å². The van der Waals surface area contributed by atoms with Crippen molar-refractivity contribution < 1.29 is 18.3 Å². The molecule has 104 valence electrons. The molecule has 1 aromatic rings. The highest BCUT2D eigenvalue weighted by atomic mass is 19.1. The minimum Gasteiger partial charge on any atom is -0.381 e. The van der Waals surface area contributed by atoms with E-state index in [1.54, 1.807) is 0 Å². The van der Waals surface area contributed by atoms with Gasteiger partial charge in [0.05, 0.1) is 6.54 Å². The van der Waals surface area contributed by atoms with Crippen molar-refractivity contribution in [1.29, 1.82) is 0 Å². The Kier molecular flexibility index (Phi) is 4.81. The fraction of sp³-hybridized carbons (Fsp3) is 0.462. The minimum atomic E-state index is -0.778. The highest BCUT2D eigenvalue weighted by Gasteiger charge is 2.16. The molecule has 1 aromatic carbocycles. The number of carbonyl (C=O) groups is 1. The van der Waals surface area contributed by atoms with E-state index in [0.717, 1.165) is 25.0 Å². The van der Waals surface area contributed by atoms with Crippen LogP contribution in [-0.4, -0.2) is 31.7 Å². The lowest BCUT2D eigenvalue weighted by Crippen LogP contribution is -2.39. The number of anilines is 1. The monoisotopic (exact) mass is 270 g/mol. The van der Waals surface area contributed by atoms with Gasteiger partial charge in [0, 0.05) is 19.3 Å². The summed E-state index contributed by atoms with van der Waals surface area (Å²) in [5.74, 6) is -2.02. The predicted molar refractivity (Wildman–Crippen MR) is 66.8 cm³/mol. The van der Waals surface area contributed by atoms with Gasteiger partial charge in [-0.25, -0.2) is 8.78 Å². The van der Waals surface area contributed by atoms with Gasteiger partial charge in [-0.1, -0.05) is 6.07 Å². The molecule has 1 amide bonds. The molecule has 2 rings (SSSR count). The second-order valence-electron chi connectivity index (χ2n) is 4.41. The van der Waals surface area contributed by atoms with E-state index in [-0.39, 0.29) is 12.6 Å². The molecule has 19 heavy (non-hydrogen) atoms. The van der Waals surface area contributed by atoms with Crippen molar-refractivity contribution in [3.05, 3.63) is 29.8 Å². The molecule has 0 atom stereocenters. The number of amides is 1. The maximum absolute atomic E-state index is 13.3. The molecular formula is C13H16F2N2O2. The molecule has 0 aliphatic carbocycles. The average molecular weight is 270 g/mol. The standard InChI is InChI=1S/C13H16F2N2O2/c14-10-2-1-3-11(15)13(10)17-12(18)8-16-9-4-6-19-7-5-9/h1-3,9,16H,4-8H2,(H,17,18). The van der Waals surface area contributed by atoms with Gasteiger partial charge in [-0.3, -0.25) is 4.79 Å². The Morgan fingerprint density at radius 2 is 1.89 bits per heavy atom. The molecule has 4 nitrogen and oxygen atoms in total. The summed E-state index contributed by atoms with van der Waals surface area (Å²) in [5.41, 5.74) is -0.402. The van der Waals surface area contributed by atoms with Crippen LogP contribution in [0.25, 0.3) is 0 Å². The van der Waals surface area contributed by atoms with Gasteiger partial charge in [0.15, 0.2) is 0 Å². The summed E-state index contributed by atoms with van der Waals surface area (Å²) in [6, 6.07) is 3.67. The van der Waals surface area contributed by atoms with E-state index in [0.29, 0.717) is 13.2 Å². The number of halogens is 2. The summed E-state index contributed by atoms with van der Waals surface area (Å²) in [6.45, 7) is 1.36. The molecule has 1 fully saturated rings. The maximum atomic E-state index is 13.3. The van der Waals surface area contributed by atoms with Crippen molar-refractivity contribution in [2.24, 2.45) is 0 Å². The molecular weight excluding hydrogens is 254 g/mol. The van der Waals surface area contributed by atoms with Gasteiger partial charge < -0.3 is 15.4 Å². The molecule has 0 spiro atoms. The molecule has 1 heterocycles. The van der Waals surface area contributed by atoms with Gasteiger partial charge in [0.2, 0.25) is 5.91 Å². The third-order valence-corrected chi connectivity index (χ3v) is 3.00. The quantitative estimate of drug-likeness (QED) is 0.875. The van der Waals surface area contributed by atoms with Crippen molar-refractivity contribution >= 4 is 11.6 Å². The smallest absolute Gasteiger partial charge is 0.238 e. The summed E-state index contributed by atoms with van der Waals surface area (Å²) in [5, 5.41) is 5.28. The van der Waals surface area contributed by atoms with E-state index in [2.05, 4.69) is 10.6 Å². The Morgan fingerprint density at radius 3 is 2.53 bits per heavy atom. The third-order valence-electron chi connectivity index (χ3n) is 3.00. The van der Waals surface area contributed by atoms with Crippen LogP contribution < -0.4 is 10.6 Å². The van der Waals surface area contributed by atoms with Crippen molar-refractivity contribution in [2.75, 3.05) is 25.1 Å². The van der Waals surface area contributed by atoms with E-state index < -0.39 is 23.2 Å². The van der Waals surface area contributed by atoms with Crippen LogP contribution in [0.4, 0.5) is 14.5 Å². The topological polar surface area (TPSA) is 50.4 Å². The normalized spacial score (nSPS) is 16.3. The molecule has 1 saturated heterocycles. The van der Waals surface area contributed by atoms with Crippen LogP contribution in [0.3, 0.4) is 0 Å². The largest absolute Gasteiger partial charge is 0.381 e. The lowest BCUT2D eigenvalue weighted by molar-refractivity contribution is -0.115. The van der Waals surface area contributed by atoms with E-state index in [9.17, 15) is 13.6 Å². The zero-order valence-corrected chi connectivity index (χ0v) is 10.4. The first-order valence-corrected chi connectivity index (χ1v) is 6.22. The molecule has 1 aliphatic heterocycles. The average Bonchev–Trinajstić information content (AvgIpc) is 2.42. The van der Waals surface area contributed by atoms with Crippen LogP contribution in [0.1, 0.15) is 12.8 Å². The number of ether oxygens (including phenoxy) is 1. The number of benzene rings is 1. The van der Waals surface area contributed by atoms with E-state index in [1.807, 2.05) is 0 Å². The summed E-state index contributed by atoms with van der Waals surface area (Å²) >= 11 is 0. The Bertz CT molecular complexity index is 428. The Hall–Kier alpha value is -1.53. The Labute approximate surface area is 110 Å². The molecule has 0 aromatic heterocycles. The van der Waals surface area contributed by atoms with Crippen molar-refractivity contribution in [3.63, 3.8) is 0 Å². The number of para-hydroxylation sites is 1. The van der Waals surface area contributed by atoms with Crippen LogP contribution in [-0.2, 0) is 9.53 Å². The molecule has 2 N–H and O–H groups in total. The first kappa shape index (κ1) is 13.9. The molecule has 0 bridgehead atoms. The van der Waals surface area contributed by atoms with Gasteiger partial charge in [-0.15, -0.1) is 0 Å². The lowest BCUT2D eigenvalue weighted by Gasteiger charge is -2.22. The first-order valence-electron chi connectivity index (χ1n) is 6.22. The van der Waals surface area contributed by atoms with Crippen LogP contribution in [0.2, 0.25) is 0 Å². The van der Waals surface area contributed by atoms with Gasteiger partial charge >= 0.3 is 0 Å². The first-order chi connectivity index (χ1) is 9.16. The molecule has 0 unspecified atom stereocenters. The third kappa shape index (κ3) is 3.97. The molecule has 1 aliphatic rings.